The number of hydrogen-bond acceptors (Lipinski definition) is 8. The lowest BCUT2D eigenvalue weighted by atomic mass is 10.1. The standard InChI is InChI=1S/C20H31ClN2SSi.C11H10BrClN2.C10H8BrClN2.C10H9ClN2.C10H9ClO2.C9H9ClO/c1-13(2)25(14(3)4,15(5)6)24-19-12-22-23(8)20(19)17-10-9-16(7)11-18(17)21;1-7-3-4-8(10(13)5-7)11-9(12)6-14-15(11)2;1-6-2-3-7(9(12)4-6)10-8(11)5-13-14-10;1-7-2-3-8(9(11)6-7)10-4-5-12-13-10;1-7-2-3-8(9(11)6-7)10(13)4-5-12;1-6-3-4-8(7(2)11)9(10)5-6/h9-15H,1-8H3;3-6H,1-2H3;2-5H,1H3,(H,13,14);2-6H,1H3,(H,12,13);2-6,12H,1H3;3-5H,1-2H3/b;;;;5-4+;. The van der Waals surface area contributed by atoms with E-state index < -0.39 is 7.22 Å². The van der Waals surface area contributed by atoms with Gasteiger partial charge in [0.05, 0.1) is 86.7 Å². The van der Waals surface area contributed by atoms with Crippen LogP contribution in [0.15, 0.2) is 166 Å². The number of allylic oxidation sites excluding steroid dienone is 1. The SMILES string of the molecule is CC(=O)c1ccc(C)cc1Cl.Cc1ccc(-c2[nH]ncc2Br)c(Cl)c1.Cc1ccc(-c2c(Br)cnn2C)c(Cl)c1.Cc1ccc(-c2c(S[Si](C(C)C)(C(C)C)C(C)C)cnn2C)c(Cl)c1.Cc1ccc(-c2ccn[nH]2)c(Cl)c1.Cc1ccc(C(=O)/C=C/O)c(Cl)c1. The number of aromatic amines is 2. The molecule has 0 radical (unpaired) electrons. The fourth-order valence-corrected chi connectivity index (χ4v) is 22.3. The van der Waals surface area contributed by atoms with Crippen molar-refractivity contribution < 1.29 is 14.7 Å². The first-order chi connectivity index (χ1) is 42.9. The molecule has 91 heavy (non-hydrogen) atoms. The highest BCUT2D eigenvalue weighted by atomic mass is 79.9. The van der Waals surface area contributed by atoms with Crippen LogP contribution in [0, 0.1) is 41.5 Å². The molecule has 0 saturated carbocycles. The minimum Gasteiger partial charge on any atom is -0.515 e. The number of halogens is 8. The molecule has 0 fully saturated rings. The molecule has 21 heteroatoms. The molecule has 0 atom stereocenters. The van der Waals surface area contributed by atoms with Crippen molar-refractivity contribution in [3.05, 3.63) is 236 Å². The van der Waals surface area contributed by atoms with Crippen molar-refractivity contribution >= 4 is 131 Å². The molecule has 0 aliphatic heterocycles. The number of hydrogen-bond donors (Lipinski definition) is 3. The number of benzene rings is 6. The predicted octanol–water partition coefficient (Wildman–Crippen LogP) is 23.7. The maximum absolute atomic E-state index is 11.2. The Bertz CT molecular complexity index is 4070. The molecule has 6 aromatic carbocycles. The van der Waals surface area contributed by atoms with Gasteiger partial charge in [-0.1, -0.05) is 172 Å². The molecule has 0 spiro atoms. The summed E-state index contributed by atoms with van der Waals surface area (Å²) in [4.78, 5) is 23.4. The first kappa shape index (κ1) is 76.0. The molecule has 10 rings (SSSR count). The molecule has 0 amide bonds. The average molecular weight is 1510 g/mol. The summed E-state index contributed by atoms with van der Waals surface area (Å²) >= 11 is 45.6. The number of aromatic nitrogens is 8. The summed E-state index contributed by atoms with van der Waals surface area (Å²) in [5.41, 5.74) is 17.8. The number of nitrogens with one attached hydrogen (secondary N) is 2. The van der Waals surface area contributed by atoms with Crippen LogP contribution >= 0.6 is 113 Å². The van der Waals surface area contributed by atoms with Gasteiger partial charge >= 0.3 is 0 Å². The molecule has 0 saturated heterocycles. The van der Waals surface area contributed by atoms with Gasteiger partial charge in [-0.05, 0) is 185 Å². The number of H-pyrrole nitrogens is 2. The van der Waals surface area contributed by atoms with Crippen molar-refractivity contribution in [2.24, 2.45) is 14.1 Å². The van der Waals surface area contributed by atoms with E-state index in [1.165, 1.54) is 17.4 Å². The van der Waals surface area contributed by atoms with Gasteiger partial charge in [0.25, 0.3) is 0 Å². The summed E-state index contributed by atoms with van der Waals surface area (Å²) < 4.78 is 5.65. The zero-order chi connectivity index (χ0) is 67.6. The first-order valence-electron chi connectivity index (χ1n) is 28.9. The lowest BCUT2D eigenvalue weighted by Gasteiger charge is -2.42. The molecule has 3 N–H and O–H groups in total. The van der Waals surface area contributed by atoms with Crippen molar-refractivity contribution in [3.8, 4) is 45.0 Å². The summed E-state index contributed by atoms with van der Waals surface area (Å²) in [6, 6.07) is 36.7. The molecule has 4 aromatic heterocycles. The van der Waals surface area contributed by atoms with Crippen LogP contribution in [0.5, 0.6) is 0 Å². The second-order valence-corrected chi connectivity index (χ2v) is 35.3. The van der Waals surface area contributed by atoms with Gasteiger partial charge in [-0.25, -0.2) is 0 Å². The Balaban J connectivity index is 0.000000203. The van der Waals surface area contributed by atoms with Crippen LogP contribution < -0.4 is 0 Å². The van der Waals surface area contributed by atoms with Gasteiger partial charge in [-0.2, -0.15) is 20.4 Å². The number of nitrogens with zero attached hydrogens (tertiary/aromatic N) is 6. The van der Waals surface area contributed by atoms with Gasteiger partial charge in [-0.15, -0.1) is 11.2 Å². The molecule has 0 aliphatic rings. The minimum absolute atomic E-state index is 0.00926. The average Bonchev–Trinajstić information content (AvgIpc) is 2.93. The number of carbonyl (C=O) groups excluding carboxylic acids is 2. The number of aliphatic hydroxyl groups excluding tert-OH is 1. The zero-order valence-corrected chi connectivity index (χ0v) is 63.1. The molecular formula is C70H76Br2Cl6N8O3SSi. The zero-order valence-electron chi connectivity index (χ0n) is 53.5. The summed E-state index contributed by atoms with van der Waals surface area (Å²) in [5, 5.41) is 34.7. The van der Waals surface area contributed by atoms with E-state index >= 15 is 0 Å². The largest absolute Gasteiger partial charge is 0.515 e. The Labute approximate surface area is 587 Å². The molecule has 480 valence electrons. The number of rotatable bonds is 12. The van der Waals surface area contributed by atoms with E-state index in [0.717, 1.165) is 108 Å². The van der Waals surface area contributed by atoms with E-state index in [-0.39, 0.29) is 11.6 Å². The van der Waals surface area contributed by atoms with E-state index in [1.807, 2.05) is 132 Å². The Morgan fingerprint density at radius 2 is 0.923 bits per heavy atom. The number of carbonyl (C=O) groups is 2. The van der Waals surface area contributed by atoms with Crippen molar-refractivity contribution in [2.75, 3.05) is 0 Å². The van der Waals surface area contributed by atoms with Gasteiger partial charge in [-0.3, -0.25) is 29.2 Å². The monoisotopic (exact) mass is 1500 g/mol. The van der Waals surface area contributed by atoms with Crippen LogP contribution in [0.25, 0.3) is 45.0 Å². The van der Waals surface area contributed by atoms with Gasteiger partial charge in [0.2, 0.25) is 0 Å². The maximum atomic E-state index is 11.2. The molecule has 0 aliphatic carbocycles. The van der Waals surface area contributed by atoms with Crippen LogP contribution in [0.3, 0.4) is 0 Å². The van der Waals surface area contributed by atoms with E-state index in [1.54, 1.807) is 53.6 Å². The third kappa shape index (κ3) is 20.9. The second kappa shape index (κ2) is 35.5. The van der Waals surface area contributed by atoms with E-state index in [2.05, 4.69) is 134 Å². The number of Topliss-reactive ketones (excluding diaryl/α,β-unsaturated/α-hetero) is 1. The first-order valence-corrected chi connectivity index (χ1v) is 36.6. The van der Waals surface area contributed by atoms with Crippen molar-refractivity contribution in [2.45, 2.75) is 112 Å². The minimum atomic E-state index is -1.63. The topological polar surface area (TPSA) is 147 Å². The maximum Gasteiger partial charge on any atom is 0.190 e. The third-order valence-electron chi connectivity index (χ3n) is 14.6. The predicted molar refractivity (Wildman–Crippen MR) is 395 cm³/mol. The molecule has 0 bridgehead atoms. The summed E-state index contributed by atoms with van der Waals surface area (Å²) in [5.74, 6) is -0.289. The lowest BCUT2D eigenvalue weighted by molar-refractivity contribution is 0.101. The van der Waals surface area contributed by atoms with E-state index in [9.17, 15) is 9.59 Å². The van der Waals surface area contributed by atoms with Gasteiger partial charge in [0.15, 0.2) is 11.6 Å². The third-order valence-corrected chi connectivity index (χ3v) is 29.9. The van der Waals surface area contributed by atoms with Crippen molar-refractivity contribution in [3.63, 3.8) is 0 Å². The van der Waals surface area contributed by atoms with Gasteiger partial charge in [0.1, 0.15) is 7.22 Å². The normalized spacial score (nSPS) is 11.0. The van der Waals surface area contributed by atoms with E-state index in [0.29, 0.717) is 44.1 Å². The summed E-state index contributed by atoms with van der Waals surface area (Å²) in [6.07, 6.45) is 9.00. The molecular weight excluding hydrogens is 1430 g/mol. The van der Waals surface area contributed by atoms with Crippen molar-refractivity contribution in [1.82, 2.24) is 40.0 Å². The quantitative estimate of drug-likeness (QED) is 0.0474. The lowest BCUT2D eigenvalue weighted by Crippen LogP contribution is -2.41. The number of ketones is 2. The fraction of sp³-hybridized carbons (Fsp3) is 0.257. The van der Waals surface area contributed by atoms with Gasteiger partial charge in [0, 0.05) is 64.6 Å². The van der Waals surface area contributed by atoms with Crippen LogP contribution in [-0.4, -0.2) is 63.9 Å². The van der Waals surface area contributed by atoms with Crippen LogP contribution in [0.1, 0.15) is 103 Å². The highest BCUT2D eigenvalue weighted by Gasteiger charge is 2.45. The Kier molecular flexibility index (Phi) is 29.7. The molecule has 11 nitrogen and oxygen atoms in total. The number of aliphatic hydroxyl groups is 1. The van der Waals surface area contributed by atoms with E-state index in [4.69, 9.17) is 74.7 Å². The Morgan fingerprint density at radius 3 is 1.30 bits per heavy atom. The van der Waals surface area contributed by atoms with Crippen molar-refractivity contribution in [1.29, 1.82) is 0 Å². The highest BCUT2D eigenvalue weighted by molar-refractivity contribution is 9.11. The van der Waals surface area contributed by atoms with Crippen LogP contribution in [0.2, 0.25) is 46.8 Å². The Morgan fingerprint density at radius 1 is 0.516 bits per heavy atom. The summed E-state index contributed by atoms with van der Waals surface area (Å²) in [7, 11) is 2.28. The molecule has 10 aromatic rings. The second-order valence-electron chi connectivity index (χ2n) is 22.6. The number of aryl methyl sites for hydroxylation is 8. The smallest absolute Gasteiger partial charge is 0.190 e. The summed E-state index contributed by atoms with van der Waals surface area (Å²) in [6.45, 7) is 27.8. The molecule has 4 heterocycles. The molecule has 0 unspecified atom stereocenters. The van der Waals surface area contributed by atoms with Crippen LogP contribution in [-0.2, 0) is 14.1 Å². The Hall–Kier alpha value is -5.69. The fourth-order valence-electron chi connectivity index (χ4n) is 10.1. The highest BCUT2D eigenvalue weighted by Crippen LogP contribution is 2.54. The van der Waals surface area contributed by atoms with Gasteiger partial charge < -0.3 is 5.11 Å². The van der Waals surface area contributed by atoms with Crippen LogP contribution in [0.4, 0.5) is 0 Å².